The van der Waals surface area contributed by atoms with E-state index in [1.807, 2.05) is 22.6 Å². The Balaban J connectivity index is 2.30. The first-order chi connectivity index (χ1) is 12.9. The van der Waals surface area contributed by atoms with Gasteiger partial charge in [0, 0.05) is 25.7 Å². The smallest absolute Gasteiger partial charge is 0.307 e. The summed E-state index contributed by atoms with van der Waals surface area (Å²) in [4.78, 5) is 30.0. The number of aryl methyl sites for hydroxylation is 2. The fourth-order valence-electron chi connectivity index (χ4n) is 3.86. The molecule has 0 bridgehead atoms. The predicted molar refractivity (Wildman–Crippen MR) is 106 cm³/mol. The summed E-state index contributed by atoms with van der Waals surface area (Å²) in [6, 6.07) is 10.3. The van der Waals surface area contributed by atoms with Crippen LogP contribution in [0.3, 0.4) is 0 Å². The van der Waals surface area contributed by atoms with E-state index in [1.54, 1.807) is 7.05 Å². The second kappa shape index (κ2) is 5.97. The Kier molecular flexibility index (Phi) is 3.83. The van der Waals surface area contributed by atoms with Crippen molar-refractivity contribution in [2.75, 3.05) is 0 Å². The Labute approximate surface area is 156 Å². The molecule has 3 aromatic heterocycles. The van der Waals surface area contributed by atoms with Gasteiger partial charge in [0.25, 0.3) is 5.56 Å². The van der Waals surface area contributed by atoms with Crippen LogP contribution in [0.15, 0.2) is 39.9 Å². The molecule has 4 aromatic rings. The number of hydrogen-bond acceptors (Lipinski definition) is 3. The Morgan fingerprint density at radius 2 is 1.70 bits per heavy atom. The van der Waals surface area contributed by atoms with E-state index in [0.717, 1.165) is 27.9 Å². The number of imidazole rings is 2. The second-order valence-electron chi connectivity index (χ2n) is 7.10. The van der Waals surface area contributed by atoms with E-state index >= 15 is 0 Å². The van der Waals surface area contributed by atoms with Crippen LogP contribution in [0, 0.1) is 0 Å². The van der Waals surface area contributed by atoms with Gasteiger partial charge in [0.05, 0.1) is 11.4 Å². The third-order valence-electron chi connectivity index (χ3n) is 5.14. The monoisotopic (exact) mass is 365 g/mol. The van der Waals surface area contributed by atoms with Crippen LogP contribution in [0.5, 0.6) is 0 Å². The van der Waals surface area contributed by atoms with Gasteiger partial charge in [-0.25, -0.2) is 4.79 Å². The molecule has 27 heavy (non-hydrogen) atoms. The molecule has 7 heteroatoms. The zero-order chi connectivity index (χ0) is 19.5. The maximum Gasteiger partial charge on any atom is 0.332 e. The average Bonchev–Trinajstić information content (AvgIpc) is 3.19. The van der Waals surface area contributed by atoms with Gasteiger partial charge in [-0.3, -0.25) is 18.3 Å². The van der Waals surface area contributed by atoms with E-state index in [9.17, 15) is 9.59 Å². The summed E-state index contributed by atoms with van der Waals surface area (Å²) < 4.78 is 6.67. The first-order valence-corrected chi connectivity index (χ1v) is 9.15. The lowest BCUT2D eigenvalue weighted by Gasteiger charge is -2.14. The van der Waals surface area contributed by atoms with Gasteiger partial charge in [-0.05, 0) is 20.3 Å². The van der Waals surface area contributed by atoms with E-state index in [4.69, 9.17) is 4.98 Å². The molecule has 0 saturated carbocycles. The lowest BCUT2D eigenvalue weighted by Crippen LogP contribution is -2.37. The van der Waals surface area contributed by atoms with Crippen LogP contribution in [-0.2, 0) is 20.5 Å². The third-order valence-corrected chi connectivity index (χ3v) is 5.14. The Morgan fingerprint density at radius 3 is 2.30 bits per heavy atom. The first-order valence-electron chi connectivity index (χ1n) is 9.15. The Bertz CT molecular complexity index is 1290. The summed E-state index contributed by atoms with van der Waals surface area (Å²) in [6.07, 6.45) is 0.734. The van der Waals surface area contributed by atoms with Crippen molar-refractivity contribution in [3.63, 3.8) is 0 Å². The van der Waals surface area contributed by atoms with Gasteiger partial charge in [-0.1, -0.05) is 37.3 Å². The van der Waals surface area contributed by atoms with Crippen molar-refractivity contribution >= 4 is 16.9 Å². The van der Waals surface area contributed by atoms with Gasteiger partial charge in [0.1, 0.15) is 0 Å². The molecule has 0 unspecified atom stereocenters. The highest BCUT2D eigenvalue weighted by Crippen LogP contribution is 2.33. The molecule has 0 aliphatic carbocycles. The third kappa shape index (κ3) is 2.24. The first kappa shape index (κ1) is 17.3. The minimum absolute atomic E-state index is 0.140. The molecule has 140 valence electrons. The van der Waals surface area contributed by atoms with Crippen LogP contribution < -0.4 is 11.2 Å². The van der Waals surface area contributed by atoms with Crippen molar-refractivity contribution in [3.05, 3.63) is 56.9 Å². The molecule has 3 heterocycles. The van der Waals surface area contributed by atoms with Crippen LogP contribution in [0.25, 0.3) is 28.2 Å². The summed E-state index contributed by atoms with van der Waals surface area (Å²) in [6.45, 7) is 6.27. The van der Waals surface area contributed by atoms with Crippen LogP contribution >= 0.6 is 0 Å². The van der Waals surface area contributed by atoms with Crippen molar-refractivity contribution in [2.45, 2.75) is 33.2 Å². The summed E-state index contributed by atoms with van der Waals surface area (Å²) in [5.74, 6) is 0.689. The van der Waals surface area contributed by atoms with Crippen molar-refractivity contribution < 1.29 is 0 Å². The number of fused-ring (bicyclic) bond motifs is 3. The van der Waals surface area contributed by atoms with Crippen LogP contribution in [0.1, 0.15) is 32.5 Å². The quantitative estimate of drug-likeness (QED) is 0.560. The van der Waals surface area contributed by atoms with E-state index < -0.39 is 0 Å². The van der Waals surface area contributed by atoms with Crippen LogP contribution in [0.4, 0.5) is 0 Å². The Hall–Kier alpha value is -3.09. The maximum atomic E-state index is 13.0. The summed E-state index contributed by atoms with van der Waals surface area (Å²) in [7, 11) is 3.16. The SMILES string of the molecule is CCc1c(-c2ccccc2)n(C(C)C)c2nc3c(c(=O)n(C)c(=O)n3C)n12. The highest BCUT2D eigenvalue weighted by molar-refractivity contribution is 5.80. The van der Waals surface area contributed by atoms with Crippen LogP contribution in [0.2, 0.25) is 0 Å². The minimum atomic E-state index is -0.370. The summed E-state index contributed by atoms with van der Waals surface area (Å²) in [5.41, 5.74) is 3.34. The second-order valence-corrected chi connectivity index (χ2v) is 7.10. The molecule has 0 fully saturated rings. The molecule has 0 radical (unpaired) electrons. The molecule has 0 N–H and O–H groups in total. The summed E-state index contributed by atoms with van der Waals surface area (Å²) in [5, 5.41) is 0. The van der Waals surface area contributed by atoms with E-state index in [-0.39, 0.29) is 17.3 Å². The van der Waals surface area contributed by atoms with Gasteiger partial charge in [0.2, 0.25) is 5.78 Å². The highest BCUT2D eigenvalue weighted by Gasteiger charge is 2.25. The van der Waals surface area contributed by atoms with Crippen molar-refractivity contribution in [3.8, 4) is 11.3 Å². The Morgan fingerprint density at radius 1 is 1.04 bits per heavy atom. The molecule has 0 aliphatic heterocycles. The lowest BCUT2D eigenvalue weighted by molar-refractivity contribution is 0.620. The van der Waals surface area contributed by atoms with Gasteiger partial charge >= 0.3 is 5.69 Å². The minimum Gasteiger partial charge on any atom is -0.307 e. The standard InChI is InChI=1S/C20H23N5O2/c1-6-14-15(13-10-8-7-9-11-13)24(12(2)3)19-21-17-16(25(14)19)18(26)23(5)20(27)22(17)4/h7-12H,6H2,1-5H3. The van der Waals surface area contributed by atoms with E-state index in [0.29, 0.717) is 16.9 Å². The largest absolute Gasteiger partial charge is 0.332 e. The average molecular weight is 365 g/mol. The zero-order valence-electron chi connectivity index (χ0n) is 16.2. The molecule has 0 amide bonds. The number of rotatable bonds is 3. The van der Waals surface area contributed by atoms with Crippen LogP contribution in [-0.4, -0.2) is 23.1 Å². The number of nitrogens with zero attached hydrogens (tertiary/aromatic N) is 5. The molecule has 4 rings (SSSR count). The summed E-state index contributed by atoms with van der Waals surface area (Å²) >= 11 is 0. The lowest BCUT2D eigenvalue weighted by atomic mass is 10.1. The molecule has 7 nitrogen and oxygen atoms in total. The maximum absolute atomic E-state index is 13.0. The molecular formula is C20H23N5O2. The fourth-order valence-corrected chi connectivity index (χ4v) is 3.86. The van der Waals surface area contributed by atoms with Gasteiger partial charge in [0.15, 0.2) is 11.2 Å². The zero-order valence-corrected chi connectivity index (χ0v) is 16.2. The molecule has 0 saturated heterocycles. The molecule has 1 aromatic carbocycles. The number of hydrogen-bond donors (Lipinski definition) is 0. The van der Waals surface area contributed by atoms with Gasteiger partial charge in [-0.2, -0.15) is 4.98 Å². The highest BCUT2D eigenvalue weighted by atomic mass is 16.2. The van der Waals surface area contributed by atoms with Gasteiger partial charge in [-0.15, -0.1) is 0 Å². The topological polar surface area (TPSA) is 66.2 Å². The van der Waals surface area contributed by atoms with E-state index in [2.05, 4.69) is 37.5 Å². The van der Waals surface area contributed by atoms with Crippen molar-refractivity contribution in [2.24, 2.45) is 14.1 Å². The van der Waals surface area contributed by atoms with Crippen molar-refractivity contribution in [1.29, 1.82) is 0 Å². The molecule has 0 aliphatic rings. The normalized spacial score (nSPS) is 11.9. The fraction of sp³-hybridized carbons (Fsp3) is 0.350. The van der Waals surface area contributed by atoms with Crippen molar-refractivity contribution in [1.82, 2.24) is 23.1 Å². The number of benzene rings is 1. The molecule has 0 spiro atoms. The van der Waals surface area contributed by atoms with Gasteiger partial charge < -0.3 is 4.57 Å². The predicted octanol–water partition coefficient (Wildman–Crippen LogP) is 2.50. The molecular weight excluding hydrogens is 342 g/mol. The molecule has 0 atom stereocenters. The number of aromatic nitrogens is 5. The van der Waals surface area contributed by atoms with E-state index in [1.165, 1.54) is 11.6 Å².